The lowest BCUT2D eigenvalue weighted by Crippen LogP contribution is -2.28. The largest absolute Gasteiger partial charge is 0.334 e. The van der Waals surface area contributed by atoms with Gasteiger partial charge in [-0.25, -0.2) is 14.3 Å². The maximum atomic E-state index is 12.8. The van der Waals surface area contributed by atoms with Gasteiger partial charge in [0, 0.05) is 17.9 Å². The minimum Gasteiger partial charge on any atom is -0.334 e. The highest BCUT2D eigenvalue weighted by Gasteiger charge is 2.04. The first-order valence-electron chi connectivity index (χ1n) is 6.52. The number of nitrogens with two attached hydrogens (primary N) is 1. The predicted octanol–water partition coefficient (Wildman–Crippen LogP) is 1.76. The maximum Gasteiger partial charge on any atom is 0.319 e. The lowest BCUT2D eigenvalue weighted by atomic mass is 10.2. The van der Waals surface area contributed by atoms with E-state index in [9.17, 15) is 17.6 Å². The summed E-state index contributed by atoms with van der Waals surface area (Å²) in [7, 11) is -3.81. The molecule has 2 aromatic rings. The zero-order valence-corrected chi connectivity index (χ0v) is 12.7. The van der Waals surface area contributed by atoms with Crippen molar-refractivity contribution in [1.82, 2.24) is 5.32 Å². The van der Waals surface area contributed by atoms with Crippen LogP contribution in [0.3, 0.4) is 0 Å². The Bertz CT molecular complexity index is 777. The molecule has 0 radical (unpaired) electrons. The van der Waals surface area contributed by atoms with Crippen molar-refractivity contribution in [2.75, 3.05) is 10.0 Å². The molecule has 0 heterocycles. The topological polar surface area (TPSA) is 113 Å². The Kier molecular flexibility index (Phi) is 5.14. The van der Waals surface area contributed by atoms with Crippen molar-refractivity contribution in [2.24, 2.45) is 5.14 Å². The number of rotatable bonds is 5. The van der Waals surface area contributed by atoms with E-state index in [1.165, 1.54) is 36.4 Å². The van der Waals surface area contributed by atoms with Gasteiger partial charge in [0.25, 0.3) is 10.2 Å². The second kappa shape index (κ2) is 7.07. The zero-order chi connectivity index (χ0) is 16.9. The Morgan fingerprint density at radius 3 is 2.13 bits per heavy atom. The number of carbonyl (C=O) groups excluding carboxylic acids is 1. The second-order valence-corrected chi connectivity index (χ2v) is 5.95. The van der Waals surface area contributed by atoms with Crippen molar-refractivity contribution in [2.45, 2.75) is 6.54 Å². The van der Waals surface area contributed by atoms with Gasteiger partial charge in [0.1, 0.15) is 5.82 Å². The number of hydrogen-bond donors (Lipinski definition) is 4. The van der Waals surface area contributed by atoms with E-state index < -0.39 is 16.2 Å². The summed E-state index contributed by atoms with van der Waals surface area (Å²) in [6.45, 7) is 0.239. The molecular weight excluding hydrogens is 323 g/mol. The van der Waals surface area contributed by atoms with Crippen LogP contribution in [0.5, 0.6) is 0 Å². The lowest BCUT2D eigenvalue weighted by molar-refractivity contribution is 0.251. The summed E-state index contributed by atoms with van der Waals surface area (Å²) in [6, 6.07) is 11.3. The van der Waals surface area contributed by atoms with Crippen LogP contribution in [0.1, 0.15) is 5.56 Å². The van der Waals surface area contributed by atoms with Crippen molar-refractivity contribution >= 4 is 27.6 Å². The lowest BCUT2D eigenvalue weighted by Gasteiger charge is -2.08. The fourth-order valence-corrected chi connectivity index (χ4v) is 2.21. The van der Waals surface area contributed by atoms with Crippen LogP contribution < -0.4 is 20.5 Å². The number of hydrogen-bond acceptors (Lipinski definition) is 3. The predicted molar refractivity (Wildman–Crippen MR) is 85.4 cm³/mol. The molecule has 0 aliphatic rings. The van der Waals surface area contributed by atoms with Crippen LogP contribution in [0.25, 0.3) is 0 Å². The van der Waals surface area contributed by atoms with E-state index in [-0.39, 0.29) is 12.4 Å². The van der Waals surface area contributed by atoms with Gasteiger partial charge in [0.15, 0.2) is 0 Å². The normalized spacial score (nSPS) is 10.9. The van der Waals surface area contributed by atoms with Crippen LogP contribution in [-0.4, -0.2) is 14.4 Å². The van der Waals surface area contributed by atoms with E-state index in [2.05, 4.69) is 15.4 Å². The standard InChI is InChI=1S/C14H15FN4O3S/c15-11-3-7-12(8-4-11)18-14(20)17-9-10-1-5-13(6-2-10)19-23(16,21)22/h1-8,19H,9H2,(H2,16,21,22)(H2,17,18,20). The van der Waals surface area contributed by atoms with E-state index in [0.29, 0.717) is 11.4 Å². The van der Waals surface area contributed by atoms with Crippen molar-refractivity contribution in [1.29, 1.82) is 0 Å². The Balaban J connectivity index is 1.85. The summed E-state index contributed by atoms with van der Waals surface area (Å²) in [5.74, 6) is -0.385. The maximum absolute atomic E-state index is 12.8. The average Bonchev–Trinajstić information content (AvgIpc) is 2.47. The number of urea groups is 1. The Labute approximate surface area is 132 Å². The molecule has 0 saturated heterocycles. The number of amides is 2. The molecule has 23 heavy (non-hydrogen) atoms. The van der Waals surface area contributed by atoms with E-state index in [1.54, 1.807) is 12.1 Å². The highest BCUT2D eigenvalue weighted by atomic mass is 32.2. The molecular formula is C14H15FN4O3S. The molecule has 2 rings (SSSR count). The molecule has 0 aromatic heterocycles. The number of anilines is 2. The summed E-state index contributed by atoms with van der Waals surface area (Å²) >= 11 is 0. The van der Waals surface area contributed by atoms with Crippen molar-refractivity contribution in [3.05, 3.63) is 59.9 Å². The van der Waals surface area contributed by atoms with Crippen LogP contribution in [0, 0.1) is 5.82 Å². The summed E-state index contributed by atoms with van der Waals surface area (Å²) in [5, 5.41) is 10.0. The smallest absolute Gasteiger partial charge is 0.319 e. The molecule has 2 amide bonds. The second-order valence-electron chi connectivity index (χ2n) is 4.66. The van der Waals surface area contributed by atoms with Gasteiger partial charge < -0.3 is 10.6 Å². The number of carbonyl (C=O) groups is 1. The fourth-order valence-electron chi connectivity index (χ4n) is 1.75. The molecule has 122 valence electrons. The highest BCUT2D eigenvalue weighted by molar-refractivity contribution is 7.90. The molecule has 9 heteroatoms. The first-order valence-corrected chi connectivity index (χ1v) is 8.06. The molecule has 0 atom stereocenters. The molecule has 7 nitrogen and oxygen atoms in total. The van der Waals surface area contributed by atoms with Gasteiger partial charge in [-0.05, 0) is 42.0 Å². The Morgan fingerprint density at radius 2 is 1.57 bits per heavy atom. The molecule has 0 aliphatic carbocycles. The van der Waals surface area contributed by atoms with Crippen LogP contribution >= 0.6 is 0 Å². The summed E-state index contributed by atoms with van der Waals surface area (Å²) in [6.07, 6.45) is 0. The molecule has 0 spiro atoms. The third kappa shape index (κ3) is 5.93. The van der Waals surface area contributed by atoms with E-state index >= 15 is 0 Å². The third-order valence-corrected chi connectivity index (χ3v) is 3.29. The van der Waals surface area contributed by atoms with Gasteiger partial charge >= 0.3 is 6.03 Å². The van der Waals surface area contributed by atoms with Gasteiger partial charge in [-0.3, -0.25) is 4.72 Å². The first kappa shape index (κ1) is 16.7. The van der Waals surface area contributed by atoms with E-state index in [0.717, 1.165) is 5.56 Å². The van der Waals surface area contributed by atoms with Crippen LogP contribution in [0.15, 0.2) is 48.5 Å². The monoisotopic (exact) mass is 338 g/mol. The van der Waals surface area contributed by atoms with Crippen LogP contribution in [0.2, 0.25) is 0 Å². The average molecular weight is 338 g/mol. The summed E-state index contributed by atoms with van der Waals surface area (Å²) < 4.78 is 36.6. The highest BCUT2D eigenvalue weighted by Crippen LogP contribution is 2.11. The van der Waals surface area contributed by atoms with Crippen LogP contribution in [0.4, 0.5) is 20.6 Å². The summed E-state index contributed by atoms with van der Waals surface area (Å²) in [4.78, 5) is 11.7. The minimum atomic E-state index is -3.81. The SMILES string of the molecule is NS(=O)(=O)Nc1ccc(CNC(=O)Nc2ccc(F)cc2)cc1. The molecule has 2 aromatic carbocycles. The minimum absolute atomic E-state index is 0.239. The van der Waals surface area contributed by atoms with Crippen molar-refractivity contribution in [3.8, 4) is 0 Å². The van der Waals surface area contributed by atoms with Crippen molar-refractivity contribution in [3.63, 3.8) is 0 Å². The molecule has 0 bridgehead atoms. The number of benzene rings is 2. The molecule has 0 unspecified atom stereocenters. The third-order valence-electron chi connectivity index (χ3n) is 2.77. The Hall–Kier alpha value is -2.65. The van der Waals surface area contributed by atoms with Gasteiger partial charge in [-0.1, -0.05) is 12.1 Å². The first-order chi connectivity index (χ1) is 10.8. The fraction of sp³-hybridized carbons (Fsp3) is 0.0714. The Morgan fingerprint density at radius 1 is 1.00 bits per heavy atom. The van der Waals surface area contributed by atoms with Gasteiger partial charge in [-0.2, -0.15) is 8.42 Å². The molecule has 0 fully saturated rings. The van der Waals surface area contributed by atoms with Gasteiger partial charge in [0.05, 0.1) is 0 Å². The van der Waals surface area contributed by atoms with Gasteiger partial charge in [-0.15, -0.1) is 0 Å². The molecule has 5 N–H and O–H groups in total. The number of halogens is 1. The molecule has 0 aliphatic heterocycles. The quantitative estimate of drug-likeness (QED) is 0.666. The van der Waals surface area contributed by atoms with Gasteiger partial charge in [0.2, 0.25) is 0 Å². The summed E-state index contributed by atoms with van der Waals surface area (Å²) in [5.41, 5.74) is 1.56. The molecule has 0 saturated carbocycles. The zero-order valence-electron chi connectivity index (χ0n) is 11.9. The van der Waals surface area contributed by atoms with E-state index in [1.807, 2.05) is 0 Å². The number of nitrogens with one attached hydrogen (secondary N) is 3. The van der Waals surface area contributed by atoms with E-state index in [4.69, 9.17) is 5.14 Å². The van der Waals surface area contributed by atoms with Crippen molar-refractivity contribution < 1.29 is 17.6 Å². The van der Waals surface area contributed by atoms with Crippen LogP contribution in [-0.2, 0) is 16.8 Å².